The Hall–Kier alpha value is -4.74. The summed E-state index contributed by atoms with van der Waals surface area (Å²) in [5, 5.41) is 11.9. The number of carbonyl (C=O) groups is 1. The monoisotopic (exact) mass is 423 g/mol. The zero-order valence-corrected chi connectivity index (χ0v) is 15.9. The second-order valence-electron chi connectivity index (χ2n) is 5.88. The van der Waals surface area contributed by atoms with Gasteiger partial charge in [0.05, 0.1) is 24.4 Å². The van der Waals surface area contributed by atoms with Crippen LogP contribution in [0, 0.1) is 0 Å². The third-order valence-electron chi connectivity index (χ3n) is 3.65. The molecule has 0 fully saturated rings. The largest absolute Gasteiger partial charge is 0.494 e. The van der Waals surface area contributed by atoms with Crippen LogP contribution in [0.5, 0.6) is 11.9 Å². The van der Waals surface area contributed by atoms with E-state index in [0.29, 0.717) is 0 Å². The Kier molecular flexibility index (Phi) is 6.87. The zero-order valence-electron chi connectivity index (χ0n) is 15.9. The number of nitrogens with zero attached hydrogens (tertiary/aromatic N) is 3. The van der Waals surface area contributed by atoms with Gasteiger partial charge in [-0.15, -0.1) is 0 Å². The summed E-state index contributed by atoms with van der Waals surface area (Å²) in [6.07, 6.45) is 7.64. The van der Waals surface area contributed by atoms with E-state index in [1.807, 2.05) is 40.3 Å². The molecule has 12 nitrogen and oxygen atoms in total. The fourth-order valence-corrected chi connectivity index (χ4v) is 2.27. The van der Waals surface area contributed by atoms with Crippen molar-refractivity contribution in [2.75, 3.05) is 5.32 Å². The van der Waals surface area contributed by atoms with Crippen LogP contribution >= 0.6 is 0 Å². The average molecular weight is 423 g/mol. The van der Waals surface area contributed by atoms with E-state index in [-0.39, 0.29) is 18.3 Å². The van der Waals surface area contributed by atoms with Gasteiger partial charge in [-0.2, -0.15) is 0 Å². The summed E-state index contributed by atoms with van der Waals surface area (Å²) in [6, 6.07) is 9.54. The molecule has 0 aliphatic heterocycles. The van der Waals surface area contributed by atoms with Crippen LogP contribution < -0.4 is 21.3 Å². The van der Waals surface area contributed by atoms with Gasteiger partial charge in [-0.3, -0.25) is 19.6 Å². The van der Waals surface area contributed by atoms with Gasteiger partial charge in [0.25, 0.3) is 11.5 Å². The van der Waals surface area contributed by atoms with Crippen LogP contribution in [0.1, 0.15) is 15.9 Å². The van der Waals surface area contributed by atoms with Crippen LogP contribution in [0.3, 0.4) is 0 Å². The third kappa shape index (κ3) is 6.12. The van der Waals surface area contributed by atoms with Crippen LogP contribution in [0.25, 0.3) is 0 Å². The fourth-order valence-electron chi connectivity index (χ4n) is 2.27. The van der Waals surface area contributed by atoms with Gasteiger partial charge >= 0.3 is 11.7 Å². The molecule has 0 unspecified atom stereocenters. The molecule has 3 aromatic heterocycles. The van der Waals surface area contributed by atoms with E-state index in [9.17, 15) is 19.5 Å². The molecule has 1 amide bonds. The summed E-state index contributed by atoms with van der Waals surface area (Å²) in [5.41, 5.74) is -1.46. The van der Waals surface area contributed by atoms with E-state index in [4.69, 9.17) is 4.74 Å². The molecule has 4 aromatic rings. The van der Waals surface area contributed by atoms with Crippen molar-refractivity contribution in [1.29, 1.82) is 0 Å². The Morgan fingerprint density at radius 2 is 1.84 bits per heavy atom. The van der Waals surface area contributed by atoms with Gasteiger partial charge in [-0.25, -0.2) is 19.7 Å². The third-order valence-corrected chi connectivity index (χ3v) is 3.65. The second kappa shape index (κ2) is 10.2. The Balaban J connectivity index is 0.000000478. The molecule has 5 N–H and O–H groups in total. The summed E-state index contributed by atoms with van der Waals surface area (Å²) in [4.78, 5) is 52.8. The molecule has 0 aliphatic rings. The molecule has 0 saturated carbocycles. The number of hydrogen-bond acceptors (Lipinski definition) is 8. The maximum Gasteiger partial charge on any atom is 0.328 e. The van der Waals surface area contributed by atoms with Crippen molar-refractivity contribution in [2.24, 2.45) is 0 Å². The first-order valence-corrected chi connectivity index (χ1v) is 8.81. The molecule has 0 atom stereocenters. The Morgan fingerprint density at radius 1 is 1.10 bits per heavy atom. The van der Waals surface area contributed by atoms with Gasteiger partial charge in [0.1, 0.15) is 6.61 Å². The topological polar surface area (TPSA) is 179 Å². The molecular weight excluding hydrogens is 406 g/mol. The lowest BCUT2D eigenvalue weighted by Crippen LogP contribution is -2.30. The van der Waals surface area contributed by atoms with Crippen molar-refractivity contribution < 1.29 is 14.6 Å². The van der Waals surface area contributed by atoms with Crippen molar-refractivity contribution in [3.8, 4) is 11.9 Å². The van der Waals surface area contributed by atoms with Gasteiger partial charge in [-0.1, -0.05) is 30.3 Å². The number of anilines is 1. The minimum Gasteiger partial charge on any atom is -0.494 e. The summed E-state index contributed by atoms with van der Waals surface area (Å²) >= 11 is 0. The molecule has 3 heterocycles. The number of nitrogens with one attached hydrogen (secondary N) is 4. The summed E-state index contributed by atoms with van der Waals surface area (Å²) < 4.78 is 5.42. The SMILES string of the molecule is O=C(Nc1cnc(OCc2ccccc2)nc1)c1c(O)[nH]c(=O)[nH]c1=O.c1c[nH]cn1. The Bertz CT molecular complexity index is 1200. The normalized spacial score (nSPS) is 9.94. The maximum absolute atomic E-state index is 12.1. The number of imidazole rings is 1. The number of aromatic amines is 3. The highest BCUT2D eigenvalue weighted by molar-refractivity contribution is 6.05. The minimum absolute atomic E-state index is 0.108. The lowest BCUT2D eigenvalue weighted by atomic mass is 10.2. The van der Waals surface area contributed by atoms with E-state index >= 15 is 0 Å². The number of benzene rings is 1. The van der Waals surface area contributed by atoms with Gasteiger partial charge in [0, 0.05) is 12.4 Å². The number of hydrogen-bond donors (Lipinski definition) is 5. The van der Waals surface area contributed by atoms with Gasteiger partial charge in [0.2, 0.25) is 5.88 Å². The minimum atomic E-state index is -1.02. The standard InChI is InChI=1S/C16H13N5O5.C3H4N2/c22-12(11-13(23)20-15(25)21-14(11)24)19-10-6-17-16(18-7-10)26-8-9-4-2-1-3-5-9;1-2-5-3-4-1/h1-7H,8H2,(H,19,22)(H3,20,21,23,24,25);1-3H,(H,4,5). The number of ether oxygens (including phenoxy) is 1. The average Bonchev–Trinajstić information content (AvgIpc) is 3.33. The molecule has 0 radical (unpaired) electrons. The number of aromatic nitrogens is 6. The highest BCUT2D eigenvalue weighted by Crippen LogP contribution is 2.12. The van der Waals surface area contributed by atoms with E-state index in [0.717, 1.165) is 5.56 Å². The first kappa shape index (κ1) is 21.0. The van der Waals surface area contributed by atoms with Crippen molar-refractivity contribution in [1.82, 2.24) is 29.9 Å². The molecule has 4 rings (SSSR count). The van der Waals surface area contributed by atoms with Crippen molar-refractivity contribution >= 4 is 11.6 Å². The van der Waals surface area contributed by atoms with Gasteiger partial charge < -0.3 is 20.1 Å². The van der Waals surface area contributed by atoms with E-state index < -0.39 is 28.6 Å². The van der Waals surface area contributed by atoms with E-state index in [1.165, 1.54) is 12.4 Å². The van der Waals surface area contributed by atoms with Gasteiger partial charge in [0.15, 0.2) is 5.56 Å². The predicted molar refractivity (Wildman–Crippen MR) is 109 cm³/mol. The van der Waals surface area contributed by atoms with E-state index in [2.05, 4.69) is 25.3 Å². The molecule has 0 aliphatic carbocycles. The molecule has 0 bridgehead atoms. The second-order valence-corrected chi connectivity index (χ2v) is 5.88. The zero-order chi connectivity index (χ0) is 22.1. The number of amides is 1. The highest BCUT2D eigenvalue weighted by atomic mass is 16.5. The number of rotatable bonds is 5. The quantitative estimate of drug-likeness (QED) is 0.313. The molecule has 31 heavy (non-hydrogen) atoms. The highest BCUT2D eigenvalue weighted by Gasteiger charge is 2.18. The maximum atomic E-state index is 12.1. The first-order chi connectivity index (χ1) is 15.0. The lowest BCUT2D eigenvalue weighted by Gasteiger charge is -2.07. The van der Waals surface area contributed by atoms with Gasteiger partial charge in [-0.05, 0) is 5.56 Å². The molecule has 0 spiro atoms. The lowest BCUT2D eigenvalue weighted by molar-refractivity contribution is 0.102. The van der Waals surface area contributed by atoms with Crippen LogP contribution in [-0.2, 0) is 6.61 Å². The first-order valence-electron chi connectivity index (χ1n) is 8.81. The summed E-state index contributed by atoms with van der Waals surface area (Å²) in [6.45, 7) is 0.285. The summed E-state index contributed by atoms with van der Waals surface area (Å²) in [7, 11) is 0. The Labute approximate surface area is 174 Å². The van der Waals surface area contributed by atoms with Crippen molar-refractivity contribution in [2.45, 2.75) is 6.61 Å². The molecule has 12 heteroatoms. The molecular formula is C19H17N7O5. The Morgan fingerprint density at radius 3 is 2.42 bits per heavy atom. The molecule has 158 valence electrons. The summed E-state index contributed by atoms with van der Waals surface area (Å²) in [5.74, 6) is -1.76. The number of aromatic hydroxyl groups is 1. The van der Waals surface area contributed by atoms with Crippen molar-refractivity contribution in [3.05, 3.63) is 93.4 Å². The smallest absolute Gasteiger partial charge is 0.328 e. The van der Waals surface area contributed by atoms with Crippen molar-refractivity contribution in [3.63, 3.8) is 0 Å². The molecule has 1 aromatic carbocycles. The fraction of sp³-hybridized carbons (Fsp3) is 0.0526. The molecule has 0 saturated heterocycles. The van der Waals surface area contributed by atoms with E-state index in [1.54, 1.807) is 18.7 Å². The van der Waals surface area contributed by atoms with Crippen LogP contribution in [0.2, 0.25) is 0 Å². The van der Waals surface area contributed by atoms with Crippen LogP contribution in [-0.4, -0.2) is 40.9 Å². The number of carbonyl (C=O) groups excluding carboxylic acids is 1. The van der Waals surface area contributed by atoms with Crippen LogP contribution in [0.15, 0.2) is 71.0 Å². The number of H-pyrrole nitrogens is 3. The predicted octanol–water partition coefficient (Wildman–Crippen LogP) is 0.800. The van der Waals surface area contributed by atoms with Crippen LogP contribution in [0.4, 0.5) is 5.69 Å².